The SMILES string of the molecule is CC(C)C(C)NC(=O)C1CCN(C(=O)C2CCN(C(=O)c3ccc(F)cc3)CC2)CC1. The second-order valence-electron chi connectivity index (χ2n) is 9.21. The van der Waals surface area contributed by atoms with Gasteiger partial charge in [-0.2, -0.15) is 0 Å². The van der Waals surface area contributed by atoms with Gasteiger partial charge >= 0.3 is 0 Å². The monoisotopic (exact) mass is 431 g/mol. The van der Waals surface area contributed by atoms with E-state index in [-0.39, 0.29) is 41.4 Å². The summed E-state index contributed by atoms with van der Waals surface area (Å²) in [6.07, 6.45) is 2.67. The maximum Gasteiger partial charge on any atom is 0.253 e. The van der Waals surface area contributed by atoms with Crippen molar-refractivity contribution in [2.75, 3.05) is 26.2 Å². The van der Waals surface area contributed by atoms with Crippen LogP contribution in [0.1, 0.15) is 56.8 Å². The molecule has 2 saturated heterocycles. The lowest BCUT2D eigenvalue weighted by Gasteiger charge is -2.37. The van der Waals surface area contributed by atoms with Crippen LogP contribution in [0.25, 0.3) is 0 Å². The van der Waals surface area contributed by atoms with E-state index in [1.54, 1.807) is 4.90 Å². The molecule has 3 amide bonds. The molecule has 2 fully saturated rings. The van der Waals surface area contributed by atoms with Crippen LogP contribution in [-0.2, 0) is 9.59 Å². The van der Waals surface area contributed by atoms with Crippen molar-refractivity contribution < 1.29 is 18.8 Å². The number of carbonyl (C=O) groups is 3. The van der Waals surface area contributed by atoms with E-state index in [4.69, 9.17) is 0 Å². The molecule has 0 saturated carbocycles. The van der Waals surface area contributed by atoms with Crippen LogP contribution in [0, 0.1) is 23.6 Å². The van der Waals surface area contributed by atoms with Gasteiger partial charge in [-0.25, -0.2) is 4.39 Å². The lowest BCUT2D eigenvalue weighted by molar-refractivity contribution is -0.140. The fourth-order valence-corrected chi connectivity index (χ4v) is 4.23. The summed E-state index contributed by atoms with van der Waals surface area (Å²) in [5.74, 6) is 0.0459. The molecule has 2 aliphatic heterocycles. The fraction of sp³-hybridized carbons (Fsp3) is 0.625. The normalized spacial score (nSPS) is 19.4. The van der Waals surface area contributed by atoms with E-state index in [0.717, 1.165) is 0 Å². The van der Waals surface area contributed by atoms with Gasteiger partial charge in [-0.15, -0.1) is 0 Å². The summed E-state index contributed by atoms with van der Waals surface area (Å²) < 4.78 is 13.1. The predicted molar refractivity (Wildman–Crippen MR) is 117 cm³/mol. The zero-order valence-corrected chi connectivity index (χ0v) is 18.8. The largest absolute Gasteiger partial charge is 0.353 e. The van der Waals surface area contributed by atoms with Crippen LogP contribution in [0.3, 0.4) is 0 Å². The number of halogens is 1. The Hall–Kier alpha value is -2.44. The standard InChI is InChI=1S/C24H34FN3O3/c1-16(2)17(3)26-22(29)18-8-12-27(13-9-18)24(31)20-10-14-28(15-11-20)23(30)19-4-6-21(25)7-5-19/h4-7,16-18,20H,8-15H2,1-3H3,(H,26,29). The van der Waals surface area contributed by atoms with Gasteiger partial charge in [0.25, 0.3) is 5.91 Å². The summed E-state index contributed by atoms with van der Waals surface area (Å²) in [5.41, 5.74) is 0.471. The summed E-state index contributed by atoms with van der Waals surface area (Å²) in [6.45, 7) is 8.48. The summed E-state index contributed by atoms with van der Waals surface area (Å²) in [6, 6.07) is 5.72. The van der Waals surface area contributed by atoms with E-state index in [0.29, 0.717) is 63.3 Å². The molecule has 0 spiro atoms. The molecule has 0 radical (unpaired) electrons. The topological polar surface area (TPSA) is 69.7 Å². The molecular formula is C24H34FN3O3. The molecule has 1 aromatic carbocycles. The number of amides is 3. The van der Waals surface area contributed by atoms with Crippen molar-refractivity contribution >= 4 is 17.7 Å². The number of piperidine rings is 2. The first kappa shape index (κ1) is 23.2. The van der Waals surface area contributed by atoms with E-state index < -0.39 is 0 Å². The minimum atomic E-state index is -0.364. The van der Waals surface area contributed by atoms with Crippen molar-refractivity contribution in [1.82, 2.24) is 15.1 Å². The molecule has 1 unspecified atom stereocenters. The van der Waals surface area contributed by atoms with Crippen molar-refractivity contribution in [3.8, 4) is 0 Å². The van der Waals surface area contributed by atoms with Gasteiger partial charge in [0, 0.05) is 49.6 Å². The molecule has 1 aromatic rings. The second-order valence-corrected chi connectivity index (χ2v) is 9.21. The highest BCUT2D eigenvalue weighted by Crippen LogP contribution is 2.25. The zero-order chi connectivity index (χ0) is 22.5. The van der Waals surface area contributed by atoms with Gasteiger partial charge in [0.1, 0.15) is 5.82 Å². The van der Waals surface area contributed by atoms with Crippen LogP contribution in [0.5, 0.6) is 0 Å². The van der Waals surface area contributed by atoms with E-state index in [2.05, 4.69) is 19.2 Å². The highest BCUT2D eigenvalue weighted by Gasteiger charge is 2.34. The Bertz CT molecular complexity index is 780. The number of rotatable bonds is 5. The Morgan fingerprint density at radius 1 is 0.871 bits per heavy atom. The molecule has 2 aliphatic rings. The van der Waals surface area contributed by atoms with E-state index in [1.165, 1.54) is 24.3 Å². The third-order valence-electron chi connectivity index (χ3n) is 6.77. The van der Waals surface area contributed by atoms with Crippen LogP contribution in [-0.4, -0.2) is 59.7 Å². The maximum absolute atomic E-state index is 13.1. The van der Waals surface area contributed by atoms with E-state index in [9.17, 15) is 18.8 Å². The van der Waals surface area contributed by atoms with Gasteiger partial charge in [-0.05, 0) is 62.8 Å². The van der Waals surface area contributed by atoms with Crippen LogP contribution >= 0.6 is 0 Å². The number of likely N-dealkylation sites (tertiary alicyclic amines) is 2. The quantitative estimate of drug-likeness (QED) is 0.779. The minimum Gasteiger partial charge on any atom is -0.353 e. The number of nitrogens with one attached hydrogen (secondary N) is 1. The molecule has 0 aliphatic carbocycles. The van der Waals surface area contributed by atoms with Gasteiger partial charge in [0.15, 0.2) is 0 Å². The van der Waals surface area contributed by atoms with Crippen LogP contribution in [0.15, 0.2) is 24.3 Å². The number of hydrogen-bond acceptors (Lipinski definition) is 3. The highest BCUT2D eigenvalue weighted by molar-refractivity contribution is 5.94. The third-order valence-corrected chi connectivity index (χ3v) is 6.77. The van der Waals surface area contributed by atoms with Gasteiger partial charge < -0.3 is 15.1 Å². The Balaban J connectivity index is 1.44. The lowest BCUT2D eigenvalue weighted by Crippen LogP contribution is -2.49. The molecule has 170 valence electrons. The van der Waals surface area contributed by atoms with Gasteiger partial charge in [-0.1, -0.05) is 13.8 Å². The second kappa shape index (κ2) is 10.2. The smallest absolute Gasteiger partial charge is 0.253 e. The number of benzene rings is 1. The Morgan fingerprint density at radius 3 is 1.94 bits per heavy atom. The van der Waals surface area contributed by atoms with Crippen molar-refractivity contribution in [3.05, 3.63) is 35.6 Å². The maximum atomic E-state index is 13.1. The van der Waals surface area contributed by atoms with Crippen molar-refractivity contribution in [2.24, 2.45) is 17.8 Å². The Kier molecular flexibility index (Phi) is 7.68. The van der Waals surface area contributed by atoms with Crippen molar-refractivity contribution in [3.63, 3.8) is 0 Å². The van der Waals surface area contributed by atoms with E-state index in [1.807, 2.05) is 11.8 Å². The van der Waals surface area contributed by atoms with Crippen molar-refractivity contribution in [2.45, 2.75) is 52.5 Å². The van der Waals surface area contributed by atoms with Crippen molar-refractivity contribution in [1.29, 1.82) is 0 Å². The average Bonchev–Trinajstić information content (AvgIpc) is 2.78. The zero-order valence-electron chi connectivity index (χ0n) is 18.8. The first-order chi connectivity index (χ1) is 14.8. The first-order valence-corrected chi connectivity index (χ1v) is 11.4. The molecule has 1 N–H and O–H groups in total. The molecular weight excluding hydrogens is 397 g/mol. The highest BCUT2D eigenvalue weighted by atomic mass is 19.1. The Morgan fingerprint density at radius 2 is 1.39 bits per heavy atom. The molecule has 31 heavy (non-hydrogen) atoms. The molecule has 7 heteroatoms. The minimum absolute atomic E-state index is 0.0274. The van der Waals surface area contributed by atoms with E-state index >= 15 is 0 Å². The molecule has 1 atom stereocenters. The Labute approximate surface area is 184 Å². The fourth-order valence-electron chi connectivity index (χ4n) is 4.23. The molecule has 0 bridgehead atoms. The van der Waals surface area contributed by atoms with Crippen LogP contribution in [0.4, 0.5) is 4.39 Å². The number of hydrogen-bond donors (Lipinski definition) is 1. The number of carbonyl (C=O) groups excluding carboxylic acids is 3. The number of nitrogens with zero attached hydrogens (tertiary/aromatic N) is 2. The molecule has 3 rings (SSSR count). The molecule has 0 aromatic heterocycles. The van der Waals surface area contributed by atoms with Gasteiger partial charge in [0.2, 0.25) is 11.8 Å². The summed E-state index contributed by atoms with van der Waals surface area (Å²) in [4.78, 5) is 41.6. The van der Waals surface area contributed by atoms with Crippen LogP contribution in [0.2, 0.25) is 0 Å². The first-order valence-electron chi connectivity index (χ1n) is 11.4. The summed E-state index contributed by atoms with van der Waals surface area (Å²) in [7, 11) is 0. The molecule has 2 heterocycles. The van der Waals surface area contributed by atoms with Gasteiger partial charge in [-0.3, -0.25) is 14.4 Å². The van der Waals surface area contributed by atoms with Crippen LogP contribution < -0.4 is 5.32 Å². The third kappa shape index (κ3) is 5.83. The lowest BCUT2D eigenvalue weighted by atomic mass is 9.91. The summed E-state index contributed by atoms with van der Waals surface area (Å²) >= 11 is 0. The average molecular weight is 432 g/mol. The predicted octanol–water partition coefficient (Wildman–Crippen LogP) is 3.08. The summed E-state index contributed by atoms with van der Waals surface area (Å²) in [5, 5.41) is 3.09. The molecule has 6 nitrogen and oxygen atoms in total. The van der Waals surface area contributed by atoms with Gasteiger partial charge in [0.05, 0.1) is 0 Å².